The van der Waals surface area contributed by atoms with Gasteiger partial charge < -0.3 is 5.11 Å². The van der Waals surface area contributed by atoms with Crippen molar-refractivity contribution in [3.63, 3.8) is 0 Å². The molecular weight excluding hydrogens is 193 g/mol. The molecule has 1 rings (SSSR count). The fourth-order valence-corrected chi connectivity index (χ4v) is 1.21. The van der Waals surface area contributed by atoms with E-state index in [-0.39, 0.29) is 11.7 Å². The fraction of sp³-hybridized carbons (Fsp3) is 0.400. The number of alkyl halides is 3. The van der Waals surface area contributed by atoms with Gasteiger partial charge in [0.2, 0.25) is 0 Å². The molecule has 0 aromatic heterocycles. The summed E-state index contributed by atoms with van der Waals surface area (Å²) in [6.45, 7) is 3.62. The lowest BCUT2D eigenvalue weighted by atomic mass is 10.0. The van der Waals surface area contributed by atoms with E-state index in [1.54, 1.807) is 0 Å². The summed E-state index contributed by atoms with van der Waals surface area (Å²) >= 11 is 0. The number of hydrogen-bond donors (Lipinski definition) is 1. The number of aromatic hydroxyl groups is 1. The summed E-state index contributed by atoms with van der Waals surface area (Å²) in [4.78, 5) is 0. The highest BCUT2D eigenvalue weighted by Crippen LogP contribution is 2.34. The maximum atomic E-state index is 12.2. The first-order valence-electron chi connectivity index (χ1n) is 4.22. The third-order valence-corrected chi connectivity index (χ3v) is 1.98. The molecule has 0 aliphatic rings. The molecule has 0 fully saturated rings. The first kappa shape index (κ1) is 10.9. The van der Waals surface area contributed by atoms with Crippen molar-refractivity contribution in [1.29, 1.82) is 0 Å². The number of phenolic OH excluding ortho intramolecular Hbond substituents is 1. The number of rotatable bonds is 1. The molecule has 0 bridgehead atoms. The Labute approximate surface area is 80.2 Å². The Morgan fingerprint density at radius 1 is 1.21 bits per heavy atom. The van der Waals surface area contributed by atoms with Crippen LogP contribution in [0.3, 0.4) is 0 Å². The highest BCUT2D eigenvalue weighted by atomic mass is 19.4. The minimum absolute atomic E-state index is 0.0114. The highest BCUT2D eigenvalue weighted by molar-refractivity contribution is 5.39. The highest BCUT2D eigenvalue weighted by Gasteiger charge is 2.31. The molecule has 0 unspecified atom stereocenters. The van der Waals surface area contributed by atoms with Crippen LogP contribution in [0.4, 0.5) is 13.2 Å². The Balaban J connectivity index is 3.13. The third-order valence-electron chi connectivity index (χ3n) is 1.98. The van der Waals surface area contributed by atoms with Gasteiger partial charge in [-0.3, -0.25) is 0 Å². The van der Waals surface area contributed by atoms with Crippen molar-refractivity contribution in [1.82, 2.24) is 0 Å². The van der Waals surface area contributed by atoms with E-state index in [9.17, 15) is 18.3 Å². The molecule has 4 heteroatoms. The quantitative estimate of drug-likeness (QED) is 0.741. The van der Waals surface area contributed by atoms with Gasteiger partial charge >= 0.3 is 6.18 Å². The van der Waals surface area contributed by atoms with Crippen molar-refractivity contribution in [3.8, 4) is 5.75 Å². The molecule has 1 N–H and O–H groups in total. The maximum Gasteiger partial charge on any atom is 0.416 e. The molecule has 0 aliphatic heterocycles. The Kier molecular flexibility index (Phi) is 2.73. The Hall–Kier alpha value is -1.19. The normalized spacial score (nSPS) is 12.1. The van der Waals surface area contributed by atoms with Crippen molar-refractivity contribution in [2.24, 2.45) is 0 Å². The van der Waals surface area contributed by atoms with E-state index in [0.29, 0.717) is 5.56 Å². The second-order valence-corrected chi connectivity index (χ2v) is 3.43. The molecule has 1 aromatic carbocycles. The Bertz CT molecular complexity index is 329. The standard InChI is InChI=1S/C10H11F3O/c1-6(2)8-4-3-7(5-9(8)14)10(11,12)13/h3-6,14H,1-2H3. The van der Waals surface area contributed by atoms with E-state index in [2.05, 4.69) is 0 Å². The van der Waals surface area contributed by atoms with E-state index in [0.717, 1.165) is 12.1 Å². The van der Waals surface area contributed by atoms with Gasteiger partial charge in [0.1, 0.15) is 5.75 Å². The molecule has 0 saturated carbocycles. The predicted octanol–water partition coefficient (Wildman–Crippen LogP) is 3.53. The van der Waals surface area contributed by atoms with Gasteiger partial charge in [-0.2, -0.15) is 13.2 Å². The van der Waals surface area contributed by atoms with Crippen LogP contribution < -0.4 is 0 Å². The summed E-state index contributed by atoms with van der Waals surface area (Å²) in [7, 11) is 0. The van der Waals surface area contributed by atoms with Crippen molar-refractivity contribution in [2.75, 3.05) is 0 Å². The lowest BCUT2D eigenvalue weighted by Crippen LogP contribution is -2.05. The lowest BCUT2D eigenvalue weighted by Gasteiger charge is -2.11. The topological polar surface area (TPSA) is 20.2 Å². The van der Waals surface area contributed by atoms with Crippen LogP contribution in [0.1, 0.15) is 30.9 Å². The second-order valence-electron chi connectivity index (χ2n) is 3.43. The van der Waals surface area contributed by atoms with Crippen molar-refractivity contribution >= 4 is 0 Å². The minimum atomic E-state index is -4.40. The van der Waals surface area contributed by atoms with E-state index < -0.39 is 11.7 Å². The van der Waals surface area contributed by atoms with E-state index in [1.807, 2.05) is 13.8 Å². The van der Waals surface area contributed by atoms with E-state index in [1.165, 1.54) is 6.07 Å². The second kappa shape index (κ2) is 3.52. The van der Waals surface area contributed by atoms with Crippen molar-refractivity contribution < 1.29 is 18.3 Å². The van der Waals surface area contributed by atoms with E-state index in [4.69, 9.17) is 0 Å². The van der Waals surface area contributed by atoms with Crippen LogP contribution in [0.25, 0.3) is 0 Å². The third kappa shape index (κ3) is 2.19. The van der Waals surface area contributed by atoms with Crippen LogP contribution in [0.2, 0.25) is 0 Å². The molecule has 0 saturated heterocycles. The zero-order chi connectivity index (χ0) is 10.9. The molecule has 0 amide bonds. The summed E-state index contributed by atoms with van der Waals surface area (Å²) < 4.78 is 36.6. The smallest absolute Gasteiger partial charge is 0.416 e. The van der Waals surface area contributed by atoms with Gasteiger partial charge in [-0.1, -0.05) is 19.9 Å². The van der Waals surface area contributed by atoms with Gasteiger partial charge in [0.25, 0.3) is 0 Å². The SMILES string of the molecule is CC(C)c1ccc(C(F)(F)F)cc1O. The first-order valence-corrected chi connectivity index (χ1v) is 4.22. The van der Waals surface area contributed by atoms with Crippen molar-refractivity contribution in [3.05, 3.63) is 29.3 Å². The summed E-state index contributed by atoms with van der Waals surface area (Å²) in [6, 6.07) is 3.05. The average molecular weight is 204 g/mol. The summed E-state index contributed by atoms with van der Waals surface area (Å²) in [5.41, 5.74) is -0.294. The van der Waals surface area contributed by atoms with Gasteiger partial charge in [0, 0.05) is 0 Å². The zero-order valence-corrected chi connectivity index (χ0v) is 7.89. The molecule has 78 valence electrons. The van der Waals surface area contributed by atoms with Gasteiger partial charge in [-0.05, 0) is 23.6 Å². The van der Waals surface area contributed by atoms with E-state index >= 15 is 0 Å². The molecule has 0 heterocycles. The predicted molar refractivity (Wildman–Crippen MR) is 47.2 cm³/mol. The Morgan fingerprint density at radius 2 is 1.79 bits per heavy atom. The summed E-state index contributed by atoms with van der Waals surface area (Å²) in [5.74, 6) is -0.285. The summed E-state index contributed by atoms with van der Waals surface area (Å²) in [6.07, 6.45) is -4.40. The molecule has 0 radical (unpaired) electrons. The van der Waals surface area contributed by atoms with Gasteiger partial charge in [-0.25, -0.2) is 0 Å². The molecular formula is C10H11F3O. The zero-order valence-electron chi connectivity index (χ0n) is 7.89. The average Bonchev–Trinajstić information content (AvgIpc) is 2.01. The monoisotopic (exact) mass is 204 g/mol. The lowest BCUT2D eigenvalue weighted by molar-refractivity contribution is -0.137. The molecule has 0 spiro atoms. The Morgan fingerprint density at radius 3 is 2.14 bits per heavy atom. The van der Waals surface area contributed by atoms with Gasteiger partial charge in [0.05, 0.1) is 5.56 Å². The van der Waals surface area contributed by atoms with Gasteiger partial charge in [0.15, 0.2) is 0 Å². The van der Waals surface area contributed by atoms with Crippen LogP contribution in [-0.2, 0) is 6.18 Å². The van der Waals surface area contributed by atoms with Crippen LogP contribution in [0.5, 0.6) is 5.75 Å². The number of benzene rings is 1. The van der Waals surface area contributed by atoms with Crippen LogP contribution in [0.15, 0.2) is 18.2 Å². The molecule has 1 aromatic rings. The number of halogens is 3. The largest absolute Gasteiger partial charge is 0.508 e. The fourth-order valence-electron chi connectivity index (χ4n) is 1.21. The minimum Gasteiger partial charge on any atom is -0.508 e. The maximum absolute atomic E-state index is 12.2. The van der Waals surface area contributed by atoms with Crippen LogP contribution >= 0.6 is 0 Å². The van der Waals surface area contributed by atoms with Gasteiger partial charge in [-0.15, -0.1) is 0 Å². The molecule has 0 atom stereocenters. The van der Waals surface area contributed by atoms with Crippen LogP contribution in [0, 0.1) is 0 Å². The molecule has 0 aliphatic carbocycles. The molecule has 14 heavy (non-hydrogen) atoms. The first-order chi connectivity index (χ1) is 6.32. The number of hydrogen-bond acceptors (Lipinski definition) is 1. The number of phenols is 1. The van der Waals surface area contributed by atoms with Crippen LogP contribution in [-0.4, -0.2) is 5.11 Å². The summed E-state index contributed by atoms with van der Waals surface area (Å²) in [5, 5.41) is 9.33. The molecule has 1 nitrogen and oxygen atoms in total. The van der Waals surface area contributed by atoms with Crippen molar-refractivity contribution in [2.45, 2.75) is 25.9 Å².